The van der Waals surface area contributed by atoms with Crippen LogP contribution >= 0.6 is 11.3 Å². The van der Waals surface area contributed by atoms with Crippen LogP contribution in [-0.4, -0.2) is 21.8 Å². The molecule has 0 saturated heterocycles. The van der Waals surface area contributed by atoms with E-state index in [4.69, 9.17) is 0 Å². The molecule has 174 valence electrons. The molecule has 6 rings (SSSR count). The summed E-state index contributed by atoms with van der Waals surface area (Å²) in [6.45, 7) is 2.53. The molecule has 0 aliphatic heterocycles. The van der Waals surface area contributed by atoms with Crippen LogP contribution in [0.25, 0.3) is 32.2 Å². The summed E-state index contributed by atoms with van der Waals surface area (Å²) in [6.07, 6.45) is 3.70. The number of nitrogens with zero attached hydrogens (tertiary/aromatic N) is 1. The van der Waals surface area contributed by atoms with Crippen LogP contribution in [0.15, 0.2) is 66.9 Å². The maximum atomic E-state index is 13.0. The molecule has 1 aliphatic carbocycles. The molecular weight excluding hydrogens is 456 g/mol. The smallest absolute Gasteiger partial charge is 0.253 e. The summed E-state index contributed by atoms with van der Waals surface area (Å²) in [7, 11) is 0. The average Bonchev–Trinajstić information content (AvgIpc) is 3.51. The number of nitrogens with one attached hydrogen (secondary N) is 3. The Labute approximate surface area is 206 Å². The fraction of sp³-hybridized carbons (Fsp3) is 0.179. The van der Waals surface area contributed by atoms with Gasteiger partial charge in [-0.3, -0.25) is 9.59 Å². The van der Waals surface area contributed by atoms with Crippen molar-refractivity contribution in [2.45, 2.75) is 26.3 Å². The molecule has 0 spiro atoms. The van der Waals surface area contributed by atoms with Gasteiger partial charge in [0.05, 0.1) is 15.8 Å². The van der Waals surface area contributed by atoms with Crippen LogP contribution in [0.3, 0.4) is 0 Å². The van der Waals surface area contributed by atoms with Gasteiger partial charge in [-0.05, 0) is 66.3 Å². The van der Waals surface area contributed by atoms with Gasteiger partial charge in [0.25, 0.3) is 5.91 Å². The molecular formula is C28H24N4O2S. The minimum Gasteiger partial charge on any atom is -0.360 e. The number of rotatable bonds is 6. The Hall–Kier alpha value is -3.97. The summed E-state index contributed by atoms with van der Waals surface area (Å²) >= 11 is 1.49. The van der Waals surface area contributed by atoms with Crippen molar-refractivity contribution in [2.24, 2.45) is 5.92 Å². The summed E-state index contributed by atoms with van der Waals surface area (Å²) < 4.78 is 1.01. The van der Waals surface area contributed by atoms with Crippen LogP contribution in [-0.2, 0) is 11.3 Å². The van der Waals surface area contributed by atoms with Crippen LogP contribution in [0.4, 0.5) is 5.13 Å². The van der Waals surface area contributed by atoms with E-state index in [0.717, 1.165) is 56.2 Å². The second kappa shape index (κ2) is 8.67. The van der Waals surface area contributed by atoms with Gasteiger partial charge in [-0.2, -0.15) is 0 Å². The average molecular weight is 481 g/mol. The fourth-order valence-corrected chi connectivity index (χ4v) is 5.19. The number of anilines is 1. The Morgan fingerprint density at radius 2 is 1.86 bits per heavy atom. The Kier molecular flexibility index (Phi) is 5.34. The third-order valence-corrected chi connectivity index (χ3v) is 7.46. The molecule has 35 heavy (non-hydrogen) atoms. The molecule has 2 aromatic heterocycles. The number of fused-ring (bicyclic) bond motifs is 2. The Morgan fingerprint density at radius 1 is 1.06 bits per heavy atom. The van der Waals surface area contributed by atoms with E-state index in [0.29, 0.717) is 17.2 Å². The summed E-state index contributed by atoms with van der Waals surface area (Å²) in [4.78, 5) is 32.9. The first-order chi connectivity index (χ1) is 17.0. The van der Waals surface area contributed by atoms with E-state index < -0.39 is 0 Å². The molecule has 1 aliphatic rings. The van der Waals surface area contributed by atoms with Crippen LogP contribution in [0.2, 0.25) is 0 Å². The monoisotopic (exact) mass is 480 g/mol. The molecule has 0 bridgehead atoms. The molecule has 6 nitrogen and oxygen atoms in total. The lowest BCUT2D eigenvalue weighted by Gasteiger charge is -2.08. The first-order valence-corrected chi connectivity index (χ1v) is 12.5. The minimum absolute atomic E-state index is 0.0652. The van der Waals surface area contributed by atoms with Gasteiger partial charge in [-0.25, -0.2) is 4.98 Å². The number of aryl methyl sites for hydroxylation is 1. The largest absolute Gasteiger partial charge is 0.360 e. The molecule has 7 heteroatoms. The lowest BCUT2D eigenvalue weighted by atomic mass is 10.0. The molecule has 0 atom stereocenters. The van der Waals surface area contributed by atoms with Gasteiger partial charge < -0.3 is 15.6 Å². The van der Waals surface area contributed by atoms with Crippen molar-refractivity contribution in [3.05, 3.63) is 83.6 Å². The normalized spacial score (nSPS) is 13.3. The number of aromatic amines is 1. The van der Waals surface area contributed by atoms with Crippen LogP contribution in [0, 0.1) is 12.8 Å². The number of thiazole rings is 1. The van der Waals surface area contributed by atoms with Gasteiger partial charge in [0.15, 0.2) is 5.13 Å². The zero-order valence-corrected chi connectivity index (χ0v) is 20.0. The van der Waals surface area contributed by atoms with Crippen LogP contribution in [0.5, 0.6) is 0 Å². The van der Waals surface area contributed by atoms with Crippen molar-refractivity contribution < 1.29 is 9.59 Å². The van der Waals surface area contributed by atoms with Crippen molar-refractivity contribution in [2.75, 3.05) is 5.32 Å². The standard InChI is InChI=1S/C28H24N4O2S/c1-16-4-2-3-5-20(16)14-30-27(34)22-15-29-23-10-8-18(12-21(22)23)19-9-11-24-25(13-19)35-28(31-24)32-26(33)17-6-7-17/h2-5,8-13,15,17,29H,6-7,14H2,1H3,(H,30,34)(H,31,32,33). The number of hydrogen-bond donors (Lipinski definition) is 3. The highest BCUT2D eigenvalue weighted by atomic mass is 32.1. The predicted molar refractivity (Wildman–Crippen MR) is 141 cm³/mol. The lowest BCUT2D eigenvalue weighted by molar-refractivity contribution is -0.117. The molecule has 3 aromatic carbocycles. The summed E-state index contributed by atoms with van der Waals surface area (Å²) in [5.74, 6) is 0.106. The van der Waals surface area contributed by atoms with Gasteiger partial charge >= 0.3 is 0 Å². The summed E-state index contributed by atoms with van der Waals surface area (Å²) in [5.41, 5.74) is 6.72. The quantitative estimate of drug-likeness (QED) is 0.277. The Morgan fingerprint density at radius 3 is 2.69 bits per heavy atom. The number of H-pyrrole nitrogens is 1. The van der Waals surface area contributed by atoms with E-state index in [2.05, 4.69) is 26.7 Å². The predicted octanol–water partition coefficient (Wildman–Crippen LogP) is 6.03. The van der Waals surface area contributed by atoms with Gasteiger partial charge in [0, 0.05) is 29.6 Å². The van der Waals surface area contributed by atoms with Gasteiger partial charge in [0.1, 0.15) is 0 Å². The maximum Gasteiger partial charge on any atom is 0.253 e. The van der Waals surface area contributed by atoms with E-state index >= 15 is 0 Å². The number of carbonyl (C=O) groups is 2. The molecule has 1 fully saturated rings. The third-order valence-electron chi connectivity index (χ3n) is 6.53. The Balaban J connectivity index is 1.26. The zero-order valence-electron chi connectivity index (χ0n) is 19.2. The van der Waals surface area contributed by atoms with Crippen molar-refractivity contribution in [3.8, 4) is 11.1 Å². The lowest BCUT2D eigenvalue weighted by Crippen LogP contribution is -2.22. The van der Waals surface area contributed by atoms with E-state index in [1.54, 1.807) is 6.20 Å². The van der Waals surface area contributed by atoms with Crippen molar-refractivity contribution in [3.63, 3.8) is 0 Å². The molecule has 0 radical (unpaired) electrons. The SMILES string of the molecule is Cc1ccccc1CNC(=O)c1c[nH]c2ccc(-c3ccc4nc(NC(=O)C5CC5)sc4c3)cc12. The molecule has 0 unspecified atom stereocenters. The number of benzene rings is 3. The second-order valence-corrected chi connectivity index (χ2v) is 10.1. The molecule has 5 aromatic rings. The summed E-state index contributed by atoms with van der Waals surface area (Å²) in [5, 5.41) is 7.51. The molecule has 1 saturated carbocycles. The number of amides is 2. The topological polar surface area (TPSA) is 86.9 Å². The highest BCUT2D eigenvalue weighted by Gasteiger charge is 2.30. The fourth-order valence-electron chi connectivity index (χ4n) is 4.28. The van der Waals surface area contributed by atoms with Crippen molar-refractivity contribution in [1.82, 2.24) is 15.3 Å². The molecule has 2 amide bonds. The van der Waals surface area contributed by atoms with Crippen LogP contribution in [0.1, 0.15) is 34.3 Å². The molecule has 3 N–H and O–H groups in total. The third kappa shape index (κ3) is 4.31. The Bertz CT molecular complexity index is 1600. The van der Waals surface area contributed by atoms with Gasteiger partial charge in [0.2, 0.25) is 5.91 Å². The van der Waals surface area contributed by atoms with E-state index in [-0.39, 0.29) is 17.7 Å². The number of aromatic nitrogens is 2. The van der Waals surface area contributed by atoms with Gasteiger partial charge in [-0.15, -0.1) is 0 Å². The van der Waals surface area contributed by atoms with E-state index in [1.165, 1.54) is 11.3 Å². The van der Waals surface area contributed by atoms with E-state index in [1.807, 2.05) is 61.5 Å². The van der Waals surface area contributed by atoms with Crippen molar-refractivity contribution in [1.29, 1.82) is 0 Å². The highest BCUT2D eigenvalue weighted by molar-refractivity contribution is 7.22. The molecule has 2 heterocycles. The number of carbonyl (C=O) groups excluding carboxylic acids is 2. The first kappa shape index (κ1) is 21.6. The second-order valence-electron chi connectivity index (χ2n) is 9.04. The minimum atomic E-state index is -0.106. The van der Waals surface area contributed by atoms with Crippen LogP contribution < -0.4 is 10.6 Å². The van der Waals surface area contributed by atoms with E-state index in [9.17, 15) is 9.59 Å². The maximum absolute atomic E-state index is 13.0. The van der Waals surface area contributed by atoms with Crippen molar-refractivity contribution >= 4 is 49.4 Å². The summed E-state index contributed by atoms with van der Waals surface area (Å²) in [6, 6.07) is 20.2. The van der Waals surface area contributed by atoms with Gasteiger partial charge in [-0.1, -0.05) is 47.7 Å². The highest BCUT2D eigenvalue weighted by Crippen LogP contribution is 2.34. The first-order valence-electron chi connectivity index (χ1n) is 11.7. The number of hydrogen-bond acceptors (Lipinski definition) is 4. The zero-order chi connectivity index (χ0) is 23.9.